The van der Waals surface area contributed by atoms with Crippen LogP contribution in [0.15, 0.2) is 23.0 Å². The summed E-state index contributed by atoms with van der Waals surface area (Å²) in [6.45, 7) is 0. The molecule has 5 nitrogen and oxygen atoms in total. The second-order valence-electron chi connectivity index (χ2n) is 2.93. The number of rotatable bonds is 3. The number of hydrogen-bond donors (Lipinski definition) is 0. The van der Waals surface area contributed by atoms with Crippen molar-refractivity contribution in [2.45, 2.75) is 6.42 Å². The molecule has 78 valence electrons. The van der Waals surface area contributed by atoms with Crippen LogP contribution in [0.2, 0.25) is 0 Å². The smallest absolute Gasteiger partial charge is 0.748 e. The third-order valence-electron chi connectivity index (χ3n) is 1.90. The molecule has 1 heterocycles. The van der Waals surface area contributed by atoms with E-state index < -0.39 is 15.9 Å². The maximum atomic E-state index is 11.1. The molecule has 7 heteroatoms. The van der Waals surface area contributed by atoms with Gasteiger partial charge >= 0.3 is 29.6 Å². The Morgan fingerprint density at radius 2 is 2.00 bits per heavy atom. The summed E-state index contributed by atoms with van der Waals surface area (Å²) in [4.78, 5) is 11.1. The van der Waals surface area contributed by atoms with Crippen molar-refractivity contribution in [1.82, 2.24) is 4.57 Å². The van der Waals surface area contributed by atoms with Gasteiger partial charge in [0.2, 0.25) is 5.56 Å². The monoisotopic (exact) mass is 239 g/mol. The van der Waals surface area contributed by atoms with Gasteiger partial charge in [-0.05, 0) is 6.07 Å². The molecule has 1 aromatic rings. The number of nitrogens with zero attached hydrogens (tertiary/aromatic N) is 1. The van der Waals surface area contributed by atoms with E-state index in [0.29, 0.717) is 5.69 Å². The maximum Gasteiger partial charge on any atom is 1.00 e. The molecule has 0 unspecified atom stereocenters. The average Bonchev–Trinajstić information content (AvgIpc) is 2.06. The molecular weight excluding hydrogens is 229 g/mol. The minimum Gasteiger partial charge on any atom is -0.748 e. The summed E-state index contributed by atoms with van der Waals surface area (Å²) < 4.78 is 32.4. The molecule has 0 spiro atoms. The molecule has 0 amide bonds. The Morgan fingerprint density at radius 1 is 1.40 bits per heavy atom. The standard InChI is InChI=1S/C8H11NO4S.Na/c1-9-7(3-2-4-8(9)10)5-6-14(11,12)13;/h2-4H,5-6H2,1H3,(H,11,12,13);/q;+1/p-1. The van der Waals surface area contributed by atoms with Gasteiger partial charge in [-0.25, -0.2) is 8.42 Å². The van der Waals surface area contributed by atoms with Crippen LogP contribution in [0.5, 0.6) is 0 Å². The second-order valence-corrected chi connectivity index (χ2v) is 4.45. The van der Waals surface area contributed by atoms with Crippen LogP contribution in [0.3, 0.4) is 0 Å². The first-order chi connectivity index (χ1) is 6.40. The van der Waals surface area contributed by atoms with Crippen LogP contribution < -0.4 is 35.1 Å². The Labute approximate surface area is 110 Å². The topological polar surface area (TPSA) is 79.2 Å². The van der Waals surface area contributed by atoms with Crippen molar-refractivity contribution in [3.8, 4) is 0 Å². The van der Waals surface area contributed by atoms with Gasteiger partial charge in [-0.15, -0.1) is 0 Å². The van der Waals surface area contributed by atoms with E-state index in [0.717, 1.165) is 0 Å². The Hall–Kier alpha value is -0.140. The van der Waals surface area contributed by atoms with Gasteiger partial charge in [-0.3, -0.25) is 4.79 Å². The van der Waals surface area contributed by atoms with E-state index in [2.05, 4.69) is 0 Å². The molecule has 0 saturated heterocycles. The average molecular weight is 239 g/mol. The van der Waals surface area contributed by atoms with Crippen molar-refractivity contribution in [3.05, 3.63) is 34.2 Å². The molecule has 1 rings (SSSR count). The fraction of sp³-hybridized carbons (Fsp3) is 0.375. The van der Waals surface area contributed by atoms with Gasteiger partial charge in [0, 0.05) is 31.0 Å². The molecular formula is C8H10NNaO4S. The molecule has 0 aliphatic heterocycles. The Morgan fingerprint density at radius 3 is 2.53 bits per heavy atom. The summed E-state index contributed by atoms with van der Waals surface area (Å²) in [7, 11) is -2.68. The SMILES string of the molecule is Cn1c(CCS(=O)(=O)[O-])cccc1=O.[Na+]. The number of aryl methyl sites for hydroxylation is 1. The molecule has 0 aliphatic carbocycles. The second kappa shape index (κ2) is 5.81. The molecule has 0 aromatic carbocycles. The van der Waals surface area contributed by atoms with Crippen molar-refractivity contribution in [3.63, 3.8) is 0 Å². The van der Waals surface area contributed by atoms with Gasteiger partial charge in [-0.1, -0.05) is 6.07 Å². The Kier molecular flexibility index (Phi) is 5.76. The quantitative estimate of drug-likeness (QED) is 0.404. The third kappa shape index (κ3) is 4.94. The molecule has 0 aliphatic rings. The van der Waals surface area contributed by atoms with Crippen LogP contribution in [0.4, 0.5) is 0 Å². The fourth-order valence-electron chi connectivity index (χ4n) is 1.09. The van der Waals surface area contributed by atoms with Crippen LogP contribution in [0, 0.1) is 0 Å². The molecule has 0 fully saturated rings. The minimum atomic E-state index is -4.22. The van der Waals surface area contributed by atoms with E-state index in [1.165, 1.54) is 23.7 Å². The largest absolute Gasteiger partial charge is 1.00 e. The van der Waals surface area contributed by atoms with E-state index in [1.807, 2.05) is 0 Å². The molecule has 15 heavy (non-hydrogen) atoms. The fourth-order valence-corrected chi connectivity index (χ4v) is 1.55. The zero-order valence-electron chi connectivity index (χ0n) is 8.63. The van der Waals surface area contributed by atoms with E-state index >= 15 is 0 Å². The number of hydrogen-bond acceptors (Lipinski definition) is 4. The van der Waals surface area contributed by atoms with Crippen LogP contribution in [-0.4, -0.2) is 23.3 Å². The Bertz CT molecular complexity index is 480. The summed E-state index contributed by atoms with van der Waals surface area (Å²) >= 11 is 0. The zero-order valence-corrected chi connectivity index (χ0v) is 11.5. The van der Waals surface area contributed by atoms with Gasteiger partial charge in [0.1, 0.15) is 0 Å². The molecule has 1 aromatic heterocycles. The van der Waals surface area contributed by atoms with Crippen molar-refractivity contribution in [2.75, 3.05) is 5.75 Å². The minimum absolute atomic E-state index is 0. The van der Waals surface area contributed by atoms with Crippen LogP contribution >= 0.6 is 0 Å². The number of aromatic nitrogens is 1. The van der Waals surface area contributed by atoms with Crippen molar-refractivity contribution >= 4 is 10.1 Å². The van der Waals surface area contributed by atoms with E-state index in [-0.39, 0.29) is 41.5 Å². The summed E-state index contributed by atoms with van der Waals surface area (Å²) in [5, 5.41) is 0. The maximum absolute atomic E-state index is 11.1. The van der Waals surface area contributed by atoms with Gasteiger partial charge in [-0.2, -0.15) is 0 Å². The predicted molar refractivity (Wildman–Crippen MR) is 50.0 cm³/mol. The van der Waals surface area contributed by atoms with E-state index in [9.17, 15) is 17.8 Å². The van der Waals surface area contributed by atoms with Crippen LogP contribution in [-0.2, 0) is 23.6 Å². The zero-order chi connectivity index (χ0) is 10.8. The molecule has 0 atom stereocenters. The summed E-state index contributed by atoms with van der Waals surface area (Å²) in [6.07, 6.45) is 0.0679. The molecule has 0 bridgehead atoms. The van der Waals surface area contributed by atoms with E-state index in [1.54, 1.807) is 6.07 Å². The summed E-state index contributed by atoms with van der Waals surface area (Å²) in [5.41, 5.74) is 0.322. The van der Waals surface area contributed by atoms with Gasteiger partial charge in [0.05, 0.1) is 10.1 Å². The third-order valence-corrected chi connectivity index (χ3v) is 2.60. The first-order valence-corrected chi connectivity index (χ1v) is 5.56. The molecule has 0 N–H and O–H groups in total. The first kappa shape index (κ1) is 14.9. The van der Waals surface area contributed by atoms with Crippen LogP contribution in [0.1, 0.15) is 5.69 Å². The van der Waals surface area contributed by atoms with Crippen LogP contribution in [0.25, 0.3) is 0 Å². The van der Waals surface area contributed by atoms with Crippen molar-refractivity contribution in [2.24, 2.45) is 7.05 Å². The van der Waals surface area contributed by atoms with Crippen molar-refractivity contribution < 1.29 is 42.5 Å². The molecule has 0 radical (unpaired) electrons. The first-order valence-electron chi connectivity index (χ1n) is 3.98. The predicted octanol–water partition coefficient (Wildman–Crippen LogP) is -3.52. The Balaban J connectivity index is 0.00000196. The van der Waals surface area contributed by atoms with Crippen molar-refractivity contribution in [1.29, 1.82) is 0 Å². The van der Waals surface area contributed by atoms with Gasteiger partial charge < -0.3 is 9.12 Å². The number of pyridine rings is 1. The molecule has 0 saturated carbocycles. The van der Waals surface area contributed by atoms with E-state index in [4.69, 9.17) is 0 Å². The van der Waals surface area contributed by atoms with Gasteiger partial charge in [0.15, 0.2) is 0 Å². The summed E-state index contributed by atoms with van der Waals surface area (Å²) in [6, 6.07) is 4.52. The normalized spacial score (nSPS) is 10.8. The summed E-state index contributed by atoms with van der Waals surface area (Å²) in [5.74, 6) is -0.482. The van der Waals surface area contributed by atoms with Gasteiger partial charge in [0.25, 0.3) is 0 Å².